The van der Waals surface area contributed by atoms with Gasteiger partial charge in [0, 0.05) is 48.7 Å². The average Bonchev–Trinajstić information content (AvgIpc) is 3.07. The molecule has 0 radical (unpaired) electrons. The monoisotopic (exact) mass is 439 g/mol. The zero-order valence-electron chi connectivity index (χ0n) is 18.7. The Bertz CT molecular complexity index is 1080. The maximum atomic E-state index is 13.1. The number of nitrogens with zero attached hydrogens (tertiary/aromatic N) is 2. The molecule has 1 unspecified atom stereocenters. The Morgan fingerprint density at radius 1 is 1.10 bits per heavy atom. The zero-order chi connectivity index (χ0) is 22.1. The highest BCUT2D eigenvalue weighted by Crippen LogP contribution is 2.30. The summed E-state index contributed by atoms with van der Waals surface area (Å²) in [6.45, 7) is 10.5. The summed E-state index contributed by atoms with van der Waals surface area (Å²) < 4.78 is 5.99. The molecule has 1 N–H and O–H groups in total. The molecular weight excluding hydrogens is 410 g/mol. The van der Waals surface area contributed by atoms with Crippen LogP contribution in [0, 0.1) is 20.8 Å². The molecule has 2 heterocycles. The minimum absolute atomic E-state index is 0.0866. The molecule has 1 atom stereocenters. The number of likely N-dealkylation sites (N-methyl/N-ethyl adjacent to an activating group) is 1. The predicted molar refractivity (Wildman–Crippen MR) is 126 cm³/mol. The number of rotatable bonds is 5. The van der Waals surface area contributed by atoms with Crippen LogP contribution < -0.4 is 5.32 Å². The summed E-state index contributed by atoms with van der Waals surface area (Å²) in [5, 5.41) is 4.88. The fourth-order valence-electron chi connectivity index (χ4n) is 4.55. The molecule has 1 aliphatic heterocycles. The first-order chi connectivity index (χ1) is 14.8. The molecule has 1 saturated heterocycles. The quantitative estimate of drug-likeness (QED) is 0.624. The van der Waals surface area contributed by atoms with E-state index >= 15 is 0 Å². The predicted octanol–water partition coefficient (Wildman–Crippen LogP) is 4.73. The van der Waals surface area contributed by atoms with Crippen LogP contribution in [0.2, 0.25) is 5.02 Å². The highest BCUT2D eigenvalue weighted by atomic mass is 35.5. The standard InChI is InChI=1S/C25H30ClN3O2/c1-16-13-17(2)23-18(3)24(31-22(23)14-16)25(30)27-15-21(19-5-7-20(26)8-6-19)29-11-9-28(4)10-12-29/h5-8,13-14,21H,9-12,15H2,1-4H3,(H,27,30). The van der Waals surface area contributed by atoms with Crippen LogP contribution in [-0.4, -0.2) is 55.5 Å². The van der Waals surface area contributed by atoms with E-state index in [4.69, 9.17) is 16.0 Å². The van der Waals surface area contributed by atoms with E-state index in [2.05, 4.69) is 47.3 Å². The van der Waals surface area contributed by atoms with E-state index < -0.39 is 0 Å². The number of carbonyl (C=O) groups excluding carboxylic acids is 1. The lowest BCUT2D eigenvalue weighted by Gasteiger charge is -2.38. The number of aryl methyl sites for hydroxylation is 3. The fourth-order valence-corrected chi connectivity index (χ4v) is 4.68. The van der Waals surface area contributed by atoms with Crippen LogP contribution in [0.1, 0.15) is 38.9 Å². The number of nitrogens with one attached hydrogen (secondary N) is 1. The van der Waals surface area contributed by atoms with Gasteiger partial charge in [0.25, 0.3) is 5.91 Å². The van der Waals surface area contributed by atoms with Crippen molar-refractivity contribution in [3.63, 3.8) is 0 Å². The maximum absolute atomic E-state index is 13.1. The highest BCUT2D eigenvalue weighted by Gasteiger charge is 2.26. The van der Waals surface area contributed by atoms with Crippen molar-refractivity contribution in [1.82, 2.24) is 15.1 Å². The van der Waals surface area contributed by atoms with Crippen LogP contribution in [0.4, 0.5) is 0 Å². The first kappa shape index (κ1) is 21.9. The Balaban J connectivity index is 1.56. The van der Waals surface area contributed by atoms with Crippen molar-refractivity contribution < 1.29 is 9.21 Å². The second kappa shape index (κ2) is 9.03. The van der Waals surface area contributed by atoms with E-state index in [1.807, 2.05) is 32.0 Å². The number of fused-ring (bicyclic) bond motifs is 1. The molecule has 0 aliphatic carbocycles. The van der Waals surface area contributed by atoms with Gasteiger partial charge in [-0.1, -0.05) is 29.8 Å². The number of carbonyl (C=O) groups is 1. The summed E-state index contributed by atoms with van der Waals surface area (Å²) in [7, 11) is 2.14. The molecular formula is C25H30ClN3O2. The lowest BCUT2D eigenvalue weighted by molar-refractivity contribution is 0.0864. The van der Waals surface area contributed by atoms with E-state index in [0.717, 1.165) is 59.4 Å². The first-order valence-electron chi connectivity index (χ1n) is 10.8. The Morgan fingerprint density at radius 2 is 1.77 bits per heavy atom. The second-order valence-electron chi connectivity index (χ2n) is 8.63. The molecule has 5 nitrogen and oxygen atoms in total. The number of hydrogen-bond acceptors (Lipinski definition) is 4. The summed E-state index contributed by atoms with van der Waals surface area (Å²) in [5.74, 6) is 0.232. The van der Waals surface area contributed by atoms with Crippen LogP contribution in [0.3, 0.4) is 0 Å². The molecule has 0 spiro atoms. The number of halogens is 1. The number of hydrogen-bond donors (Lipinski definition) is 1. The lowest BCUT2D eigenvalue weighted by Crippen LogP contribution is -2.48. The fraction of sp³-hybridized carbons (Fsp3) is 0.400. The minimum atomic E-state index is -0.168. The molecule has 1 fully saturated rings. The molecule has 2 aromatic carbocycles. The van der Waals surface area contributed by atoms with Gasteiger partial charge >= 0.3 is 0 Å². The molecule has 3 aromatic rings. The van der Waals surface area contributed by atoms with E-state index in [9.17, 15) is 4.79 Å². The SMILES string of the molecule is Cc1cc(C)c2c(C)c(C(=O)NCC(c3ccc(Cl)cc3)N3CCN(C)CC3)oc2c1. The summed E-state index contributed by atoms with van der Waals surface area (Å²) in [4.78, 5) is 17.9. The first-order valence-corrected chi connectivity index (χ1v) is 11.2. The van der Waals surface area contributed by atoms with Gasteiger partial charge < -0.3 is 14.6 Å². The normalized spacial score (nSPS) is 16.5. The summed E-state index contributed by atoms with van der Waals surface area (Å²) in [6, 6.07) is 12.1. The Labute approximate surface area is 189 Å². The maximum Gasteiger partial charge on any atom is 0.287 e. The topological polar surface area (TPSA) is 48.7 Å². The van der Waals surface area contributed by atoms with Crippen LogP contribution in [0.25, 0.3) is 11.0 Å². The number of amides is 1. The van der Waals surface area contributed by atoms with E-state index in [1.165, 1.54) is 0 Å². The van der Waals surface area contributed by atoms with Gasteiger partial charge in [0.15, 0.2) is 5.76 Å². The Kier molecular flexibility index (Phi) is 6.37. The van der Waals surface area contributed by atoms with Gasteiger partial charge in [-0.3, -0.25) is 9.69 Å². The van der Waals surface area contributed by atoms with Crippen LogP contribution >= 0.6 is 11.6 Å². The second-order valence-corrected chi connectivity index (χ2v) is 9.06. The molecule has 1 aliphatic rings. The van der Waals surface area contributed by atoms with Gasteiger partial charge in [0.05, 0.1) is 6.04 Å². The van der Waals surface area contributed by atoms with Gasteiger partial charge in [-0.25, -0.2) is 0 Å². The van der Waals surface area contributed by atoms with E-state index in [-0.39, 0.29) is 11.9 Å². The van der Waals surface area contributed by atoms with Crippen molar-refractivity contribution in [3.8, 4) is 0 Å². The van der Waals surface area contributed by atoms with E-state index in [1.54, 1.807) is 0 Å². The summed E-state index contributed by atoms with van der Waals surface area (Å²) >= 11 is 6.11. The van der Waals surface area contributed by atoms with E-state index in [0.29, 0.717) is 17.3 Å². The Morgan fingerprint density at radius 3 is 2.45 bits per heavy atom. The molecule has 0 bridgehead atoms. The third-order valence-electron chi connectivity index (χ3n) is 6.27. The van der Waals surface area contributed by atoms with Crippen molar-refractivity contribution in [2.24, 2.45) is 0 Å². The van der Waals surface area contributed by atoms with Gasteiger partial charge in [0.2, 0.25) is 0 Å². The van der Waals surface area contributed by atoms with Crippen molar-refractivity contribution in [3.05, 3.63) is 69.4 Å². The molecule has 1 amide bonds. The lowest BCUT2D eigenvalue weighted by atomic mass is 10.0. The molecule has 6 heteroatoms. The van der Waals surface area contributed by atoms with Crippen molar-refractivity contribution in [2.75, 3.05) is 39.8 Å². The summed E-state index contributed by atoms with van der Waals surface area (Å²) in [6.07, 6.45) is 0. The molecule has 4 rings (SSSR count). The van der Waals surface area contributed by atoms with Crippen molar-refractivity contribution >= 4 is 28.5 Å². The molecule has 1 aromatic heterocycles. The molecule has 164 valence electrons. The van der Waals surface area contributed by atoms with Crippen LogP contribution in [-0.2, 0) is 0 Å². The smallest absolute Gasteiger partial charge is 0.287 e. The van der Waals surface area contributed by atoms with Crippen LogP contribution in [0.15, 0.2) is 40.8 Å². The number of benzene rings is 2. The highest BCUT2D eigenvalue weighted by molar-refractivity contribution is 6.30. The van der Waals surface area contributed by atoms with Gasteiger partial charge in [0.1, 0.15) is 5.58 Å². The number of piperazine rings is 1. The molecule has 0 saturated carbocycles. The van der Waals surface area contributed by atoms with Gasteiger partial charge in [-0.15, -0.1) is 0 Å². The van der Waals surface area contributed by atoms with Crippen LogP contribution in [0.5, 0.6) is 0 Å². The third-order valence-corrected chi connectivity index (χ3v) is 6.52. The van der Waals surface area contributed by atoms with Gasteiger partial charge in [-0.2, -0.15) is 0 Å². The van der Waals surface area contributed by atoms with Crippen molar-refractivity contribution in [2.45, 2.75) is 26.8 Å². The largest absolute Gasteiger partial charge is 0.451 e. The van der Waals surface area contributed by atoms with Crippen molar-refractivity contribution in [1.29, 1.82) is 0 Å². The zero-order valence-corrected chi connectivity index (χ0v) is 19.4. The minimum Gasteiger partial charge on any atom is -0.451 e. The number of furan rings is 1. The summed E-state index contributed by atoms with van der Waals surface area (Å²) in [5.41, 5.74) is 5.08. The van der Waals surface area contributed by atoms with Gasteiger partial charge in [-0.05, 0) is 62.7 Å². The Hall–Kier alpha value is -2.34. The average molecular weight is 440 g/mol. The molecule has 31 heavy (non-hydrogen) atoms. The third kappa shape index (κ3) is 4.64.